The molecule has 1 atom stereocenters. The lowest BCUT2D eigenvalue weighted by Gasteiger charge is -2.16. The van der Waals surface area contributed by atoms with Gasteiger partial charge in [0.05, 0.1) is 26.0 Å². The van der Waals surface area contributed by atoms with Crippen LogP contribution in [0.5, 0.6) is 11.5 Å². The number of fused-ring (bicyclic) bond motifs is 1. The van der Waals surface area contributed by atoms with E-state index in [9.17, 15) is 4.79 Å². The van der Waals surface area contributed by atoms with Crippen molar-refractivity contribution in [2.45, 2.75) is 25.8 Å². The molecule has 1 amide bonds. The number of imidazole rings is 1. The Balaban J connectivity index is 1.58. The van der Waals surface area contributed by atoms with Crippen LogP contribution in [0.4, 0.5) is 0 Å². The highest BCUT2D eigenvalue weighted by atomic mass is 16.5. The first-order valence-electron chi connectivity index (χ1n) is 8.54. The van der Waals surface area contributed by atoms with Gasteiger partial charge in [0.2, 0.25) is 5.91 Å². The van der Waals surface area contributed by atoms with Gasteiger partial charge in [0.25, 0.3) is 0 Å². The van der Waals surface area contributed by atoms with Gasteiger partial charge in [-0.25, -0.2) is 4.98 Å². The number of methoxy groups -OCH3 is 2. The molecule has 0 aliphatic carbocycles. The van der Waals surface area contributed by atoms with Crippen molar-refractivity contribution in [3.8, 4) is 11.5 Å². The Morgan fingerprint density at radius 2 is 2.00 bits per heavy atom. The van der Waals surface area contributed by atoms with Gasteiger partial charge < -0.3 is 19.2 Å². The normalized spacial score (nSPS) is 12.0. The van der Waals surface area contributed by atoms with E-state index >= 15 is 0 Å². The average molecular weight is 353 g/mol. The van der Waals surface area contributed by atoms with Crippen molar-refractivity contribution in [1.29, 1.82) is 0 Å². The second-order valence-electron chi connectivity index (χ2n) is 6.10. The summed E-state index contributed by atoms with van der Waals surface area (Å²) >= 11 is 0. The maximum absolute atomic E-state index is 12.3. The maximum Gasteiger partial charge on any atom is 0.220 e. The van der Waals surface area contributed by atoms with Crippen LogP contribution in [-0.4, -0.2) is 29.5 Å². The molecule has 0 radical (unpaired) electrons. The molecule has 6 nitrogen and oxygen atoms in total. The van der Waals surface area contributed by atoms with E-state index < -0.39 is 0 Å². The van der Waals surface area contributed by atoms with Crippen LogP contribution in [0.15, 0.2) is 48.8 Å². The van der Waals surface area contributed by atoms with Crippen molar-refractivity contribution in [3.05, 3.63) is 60.0 Å². The lowest BCUT2D eigenvalue weighted by Crippen LogP contribution is -2.26. The van der Waals surface area contributed by atoms with Crippen LogP contribution >= 0.6 is 0 Å². The number of carbonyl (C=O) groups excluding carboxylic acids is 1. The Morgan fingerprint density at radius 1 is 1.19 bits per heavy atom. The number of pyridine rings is 1. The van der Waals surface area contributed by atoms with E-state index in [1.54, 1.807) is 14.2 Å². The highest BCUT2D eigenvalue weighted by Gasteiger charge is 2.13. The van der Waals surface area contributed by atoms with E-state index in [2.05, 4.69) is 10.3 Å². The van der Waals surface area contributed by atoms with Gasteiger partial charge in [0, 0.05) is 18.8 Å². The lowest BCUT2D eigenvalue weighted by molar-refractivity contribution is -0.121. The molecule has 3 rings (SSSR count). The Kier molecular flexibility index (Phi) is 5.41. The number of rotatable bonds is 7. The number of benzene rings is 1. The first-order valence-corrected chi connectivity index (χ1v) is 8.54. The largest absolute Gasteiger partial charge is 0.493 e. The highest BCUT2D eigenvalue weighted by molar-refractivity contribution is 5.76. The summed E-state index contributed by atoms with van der Waals surface area (Å²) in [4.78, 5) is 16.8. The zero-order valence-corrected chi connectivity index (χ0v) is 15.2. The van der Waals surface area contributed by atoms with E-state index in [1.165, 1.54) is 0 Å². The minimum atomic E-state index is -0.122. The second-order valence-corrected chi connectivity index (χ2v) is 6.10. The second kappa shape index (κ2) is 7.91. The SMILES string of the molecule is COc1ccc(C(C)NC(=O)CCc2cn3ccccc3n2)cc1OC. The summed E-state index contributed by atoms with van der Waals surface area (Å²) < 4.78 is 12.5. The van der Waals surface area contributed by atoms with Gasteiger partial charge in [-0.3, -0.25) is 4.79 Å². The summed E-state index contributed by atoms with van der Waals surface area (Å²) in [5, 5.41) is 3.02. The van der Waals surface area contributed by atoms with Crippen LogP contribution in [0.1, 0.15) is 30.6 Å². The quantitative estimate of drug-likeness (QED) is 0.709. The van der Waals surface area contributed by atoms with E-state index in [1.807, 2.05) is 60.1 Å². The smallest absolute Gasteiger partial charge is 0.220 e. The third-order valence-electron chi connectivity index (χ3n) is 4.31. The summed E-state index contributed by atoms with van der Waals surface area (Å²) in [6.45, 7) is 1.95. The van der Waals surface area contributed by atoms with Crippen LogP contribution in [-0.2, 0) is 11.2 Å². The predicted octanol–water partition coefficient (Wildman–Crippen LogP) is 3.16. The summed E-state index contributed by atoms with van der Waals surface area (Å²) in [5.74, 6) is 1.31. The zero-order chi connectivity index (χ0) is 18.5. The molecule has 0 bridgehead atoms. The monoisotopic (exact) mass is 353 g/mol. The standard InChI is InChI=1S/C20H23N3O3/c1-14(15-7-9-17(25-2)18(12-15)26-3)21-20(24)10-8-16-13-23-11-5-4-6-19(23)22-16/h4-7,9,11-14H,8,10H2,1-3H3,(H,21,24). The van der Waals surface area contributed by atoms with Crippen molar-refractivity contribution in [2.75, 3.05) is 14.2 Å². The first-order chi connectivity index (χ1) is 12.6. The van der Waals surface area contributed by atoms with Gasteiger partial charge in [0.1, 0.15) is 5.65 Å². The minimum absolute atomic E-state index is 0.00987. The number of ether oxygens (including phenoxy) is 2. The van der Waals surface area contributed by atoms with Gasteiger partial charge in [-0.2, -0.15) is 0 Å². The van der Waals surface area contributed by atoms with Crippen molar-refractivity contribution in [2.24, 2.45) is 0 Å². The molecule has 0 saturated carbocycles. The van der Waals surface area contributed by atoms with Crippen molar-refractivity contribution < 1.29 is 14.3 Å². The molecule has 0 spiro atoms. The number of hydrogen-bond donors (Lipinski definition) is 1. The van der Waals surface area contributed by atoms with Gasteiger partial charge >= 0.3 is 0 Å². The summed E-state index contributed by atoms with van der Waals surface area (Å²) in [6, 6.07) is 11.4. The molecule has 2 heterocycles. The zero-order valence-electron chi connectivity index (χ0n) is 15.2. The first kappa shape index (κ1) is 17.8. The van der Waals surface area contributed by atoms with Crippen molar-refractivity contribution in [1.82, 2.24) is 14.7 Å². The van der Waals surface area contributed by atoms with E-state index in [-0.39, 0.29) is 11.9 Å². The minimum Gasteiger partial charge on any atom is -0.493 e. The Labute approximate surface area is 152 Å². The number of amides is 1. The summed E-state index contributed by atoms with van der Waals surface area (Å²) in [5.41, 5.74) is 2.76. The fourth-order valence-corrected chi connectivity index (χ4v) is 2.87. The number of carbonyl (C=O) groups is 1. The van der Waals surface area contributed by atoms with Crippen LogP contribution in [0, 0.1) is 0 Å². The fraction of sp³-hybridized carbons (Fsp3) is 0.300. The number of nitrogens with one attached hydrogen (secondary N) is 1. The third-order valence-corrected chi connectivity index (χ3v) is 4.31. The summed E-state index contributed by atoms with van der Waals surface area (Å²) in [7, 11) is 3.20. The molecular weight excluding hydrogens is 330 g/mol. The van der Waals surface area contributed by atoms with Gasteiger partial charge in [-0.05, 0) is 43.2 Å². The molecule has 136 valence electrons. The Bertz CT molecular complexity index is 871. The molecular formula is C20H23N3O3. The van der Waals surface area contributed by atoms with Crippen LogP contribution < -0.4 is 14.8 Å². The van der Waals surface area contributed by atoms with Crippen molar-refractivity contribution >= 4 is 11.6 Å². The molecule has 1 unspecified atom stereocenters. The topological polar surface area (TPSA) is 64.9 Å². The number of nitrogens with zero attached hydrogens (tertiary/aromatic N) is 2. The van der Waals surface area contributed by atoms with Crippen LogP contribution in [0.25, 0.3) is 5.65 Å². The molecule has 2 aromatic heterocycles. The number of hydrogen-bond acceptors (Lipinski definition) is 4. The van der Waals surface area contributed by atoms with E-state index in [0.29, 0.717) is 24.3 Å². The number of aryl methyl sites for hydroxylation is 1. The molecule has 3 aromatic rings. The maximum atomic E-state index is 12.3. The summed E-state index contributed by atoms with van der Waals surface area (Å²) in [6.07, 6.45) is 4.90. The highest BCUT2D eigenvalue weighted by Crippen LogP contribution is 2.29. The van der Waals surface area contributed by atoms with E-state index in [0.717, 1.165) is 16.9 Å². The molecule has 1 aromatic carbocycles. The van der Waals surface area contributed by atoms with Crippen LogP contribution in [0.2, 0.25) is 0 Å². The molecule has 0 aliphatic heterocycles. The molecule has 0 saturated heterocycles. The molecule has 6 heteroatoms. The average Bonchev–Trinajstić information content (AvgIpc) is 3.08. The molecule has 0 aliphatic rings. The third kappa shape index (κ3) is 3.96. The lowest BCUT2D eigenvalue weighted by atomic mass is 10.1. The van der Waals surface area contributed by atoms with Gasteiger partial charge in [-0.15, -0.1) is 0 Å². The molecule has 1 N–H and O–H groups in total. The fourth-order valence-electron chi connectivity index (χ4n) is 2.87. The van der Waals surface area contributed by atoms with Crippen molar-refractivity contribution in [3.63, 3.8) is 0 Å². The van der Waals surface area contributed by atoms with Gasteiger partial charge in [-0.1, -0.05) is 12.1 Å². The molecule has 26 heavy (non-hydrogen) atoms. The Morgan fingerprint density at radius 3 is 2.73 bits per heavy atom. The Hall–Kier alpha value is -3.02. The van der Waals surface area contributed by atoms with E-state index in [4.69, 9.17) is 9.47 Å². The predicted molar refractivity (Wildman–Crippen MR) is 99.6 cm³/mol. The van der Waals surface area contributed by atoms with Gasteiger partial charge in [0.15, 0.2) is 11.5 Å². The van der Waals surface area contributed by atoms with Crippen LogP contribution in [0.3, 0.4) is 0 Å². The number of aromatic nitrogens is 2. The molecule has 0 fully saturated rings.